The summed E-state index contributed by atoms with van der Waals surface area (Å²) < 4.78 is 23.2. The van der Waals surface area contributed by atoms with E-state index in [0.29, 0.717) is 76.7 Å². The van der Waals surface area contributed by atoms with Crippen LogP contribution >= 0.6 is 11.6 Å². The molecular weight excluding hydrogens is 618 g/mol. The van der Waals surface area contributed by atoms with E-state index in [-0.39, 0.29) is 11.7 Å². The molecule has 6 rings (SSSR count). The lowest BCUT2D eigenvalue weighted by Gasteiger charge is -2.27. The highest BCUT2D eigenvalue weighted by atomic mass is 35.5. The quantitative estimate of drug-likeness (QED) is 0.143. The number of hydrogen-bond donors (Lipinski definition) is 2. The zero-order valence-corrected chi connectivity index (χ0v) is 27.4. The number of H-pyrrole nitrogens is 1. The van der Waals surface area contributed by atoms with Gasteiger partial charge in [0.1, 0.15) is 23.7 Å². The summed E-state index contributed by atoms with van der Waals surface area (Å²) in [5.41, 5.74) is 5.45. The summed E-state index contributed by atoms with van der Waals surface area (Å²) in [4.78, 5) is 15.9. The van der Waals surface area contributed by atoms with Crippen molar-refractivity contribution in [1.29, 1.82) is 0 Å². The monoisotopic (exact) mass is 653 g/mol. The van der Waals surface area contributed by atoms with Crippen molar-refractivity contribution in [3.8, 4) is 40.0 Å². The van der Waals surface area contributed by atoms with Crippen molar-refractivity contribution in [2.75, 3.05) is 27.4 Å². The fraction of sp³-hybridized carbons (Fsp3) is 0.243. The zero-order chi connectivity index (χ0) is 33.1. The number of nitrogens with zero attached hydrogens (tertiary/aromatic N) is 2. The molecule has 0 saturated carbocycles. The van der Waals surface area contributed by atoms with Crippen LogP contribution in [0.3, 0.4) is 0 Å². The number of rotatable bonds is 12. The molecule has 242 valence electrons. The average molecular weight is 654 g/mol. The number of amides is 1. The molecule has 1 aliphatic rings. The van der Waals surface area contributed by atoms with Crippen LogP contribution in [0.5, 0.6) is 28.7 Å². The Morgan fingerprint density at radius 1 is 0.894 bits per heavy atom. The molecule has 0 saturated heterocycles. The second-order valence-electron chi connectivity index (χ2n) is 11.2. The number of carbonyl (C=O) groups is 1. The first-order chi connectivity index (χ1) is 22.8. The van der Waals surface area contributed by atoms with Crippen molar-refractivity contribution < 1.29 is 28.8 Å². The van der Waals surface area contributed by atoms with Gasteiger partial charge in [0.2, 0.25) is 0 Å². The zero-order valence-electron chi connectivity index (χ0n) is 26.7. The van der Waals surface area contributed by atoms with Gasteiger partial charge in [0.25, 0.3) is 5.91 Å². The molecule has 1 aromatic heterocycles. The van der Waals surface area contributed by atoms with Crippen LogP contribution in [0.1, 0.15) is 51.3 Å². The molecule has 2 heterocycles. The molecule has 5 aromatic rings. The molecule has 10 heteroatoms. The van der Waals surface area contributed by atoms with Crippen molar-refractivity contribution in [3.05, 3.63) is 117 Å². The molecule has 1 aliphatic heterocycles. The fourth-order valence-corrected chi connectivity index (χ4v) is 6.10. The molecule has 0 radical (unpaired) electrons. The van der Waals surface area contributed by atoms with Gasteiger partial charge in [-0.3, -0.25) is 9.89 Å². The Balaban J connectivity index is 1.41. The molecule has 47 heavy (non-hydrogen) atoms. The average Bonchev–Trinajstić information content (AvgIpc) is 3.63. The smallest absolute Gasteiger partial charge is 0.273 e. The highest BCUT2D eigenvalue weighted by molar-refractivity contribution is 6.31. The van der Waals surface area contributed by atoms with Crippen LogP contribution in [0.25, 0.3) is 11.3 Å². The van der Waals surface area contributed by atoms with E-state index in [4.69, 9.17) is 30.5 Å². The van der Waals surface area contributed by atoms with Crippen molar-refractivity contribution in [2.45, 2.75) is 32.9 Å². The number of aromatic nitrogens is 2. The van der Waals surface area contributed by atoms with Crippen molar-refractivity contribution in [3.63, 3.8) is 0 Å². The lowest BCUT2D eigenvalue weighted by atomic mass is 9.94. The van der Waals surface area contributed by atoms with Gasteiger partial charge in [-0.05, 0) is 78.9 Å². The van der Waals surface area contributed by atoms with Gasteiger partial charge in [-0.2, -0.15) is 5.10 Å². The molecule has 0 bridgehead atoms. The van der Waals surface area contributed by atoms with Crippen molar-refractivity contribution in [2.24, 2.45) is 0 Å². The van der Waals surface area contributed by atoms with Crippen LogP contribution in [-0.4, -0.2) is 53.5 Å². The molecular formula is C37H36ClN3O6. The van der Waals surface area contributed by atoms with Crippen LogP contribution < -0.4 is 18.9 Å². The number of methoxy groups -OCH3 is 2. The Morgan fingerprint density at radius 3 is 2.40 bits per heavy atom. The van der Waals surface area contributed by atoms with Crippen LogP contribution in [0.4, 0.5) is 0 Å². The standard InChI is InChI=1S/C37H36ClN3O6/c1-5-46-32-19-25(12-14-30(32)47-21-24-9-7-6-8-10-24)36-33-34(26-20-27(38)22(2)17-28(26)42)39-40-35(33)37(43)41(36)16-15-23-11-13-29(44-3)31(18-23)45-4/h6-14,17-20,36,42H,5,15-16,21H2,1-4H3,(H,39,40). The van der Waals surface area contributed by atoms with E-state index >= 15 is 0 Å². The molecule has 0 fully saturated rings. The highest BCUT2D eigenvalue weighted by Gasteiger charge is 2.42. The van der Waals surface area contributed by atoms with Gasteiger partial charge in [-0.25, -0.2) is 0 Å². The maximum Gasteiger partial charge on any atom is 0.273 e. The molecule has 0 aliphatic carbocycles. The first-order valence-electron chi connectivity index (χ1n) is 15.4. The van der Waals surface area contributed by atoms with E-state index in [1.165, 1.54) is 0 Å². The van der Waals surface area contributed by atoms with Crippen LogP contribution in [0.2, 0.25) is 5.02 Å². The van der Waals surface area contributed by atoms with Gasteiger partial charge in [0.05, 0.1) is 26.9 Å². The Hall–Kier alpha value is -5.15. The van der Waals surface area contributed by atoms with E-state index < -0.39 is 6.04 Å². The number of halogens is 1. The van der Waals surface area contributed by atoms with Gasteiger partial charge < -0.3 is 29.0 Å². The number of benzene rings is 4. The summed E-state index contributed by atoms with van der Waals surface area (Å²) in [5, 5.41) is 19.0. The van der Waals surface area contributed by atoms with E-state index in [1.807, 2.05) is 85.5 Å². The lowest BCUT2D eigenvalue weighted by Crippen LogP contribution is -2.31. The number of aryl methyl sites for hydroxylation is 1. The fourth-order valence-electron chi connectivity index (χ4n) is 5.94. The predicted molar refractivity (Wildman–Crippen MR) is 180 cm³/mol. The van der Waals surface area contributed by atoms with Crippen LogP contribution in [0, 0.1) is 6.92 Å². The van der Waals surface area contributed by atoms with E-state index in [2.05, 4.69) is 10.2 Å². The summed E-state index contributed by atoms with van der Waals surface area (Å²) in [5.74, 6) is 2.22. The Bertz CT molecular complexity index is 1910. The summed E-state index contributed by atoms with van der Waals surface area (Å²) >= 11 is 6.50. The minimum atomic E-state index is -0.548. The molecule has 9 nitrogen and oxygen atoms in total. The number of aromatic hydroxyl groups is 1. The number of aromatic amines is 1. The highest BCUT2D eigenvalue weighted by Crippen LogP contribution is 2.47. The summed E-state index contributed by atoms with van der Waals surface area (Å²) in [7, 11) is 3.19. The van der Waals surface area contributed by atoms with Gasteiger partial charge in [0.15, 0.2) is 23.0 Å². The third-order valence-corrected chi connectivity index (χ3v) is 8.71. The maximum absolute atomic E-state index is 14.1. The number of nitrogens with one attached hydrogen (secondary N) is 1. The normalized spacial score (nSPS) is 13.9. The Labute approximate surface area is 278 Å². The van der Waals surface area contributed by atoms with Gasteiger partial charge in [-0.1, -0.05) is 54.1 Å². The summed E-state index contributed by atoms with van der Waals surface area (Å²) in [6.07, 6.45) is 0.549. The topological polar surface area (TPSA) is 106 Å². The number of ether oxygens (including phenoxy) is 4. The van der Waals surface area contributed by atoms with Crippen molar-refractivity contribution >= 4 is 17.5 Å². The predicted octanol–water partition coefficient (Wildman–Crippen LogP) is 7.53. The molecule has 4 aromatic carbocycles. The molecule has 2 N–H and O–H groups in total. The molecule has 0 spiro atoms. The number of phenols is 1. The first-order valence-corrected chi connectivity index (χ1v) is 15.7. The van der Waals surface area contributed by atoms with E-state index in [1.54, 1.807) is 26.4 Å². The number of carbonyl (C=O) groups excluding carboxylic acids is 1. The Kier molecular flexibility index (Phi) is 9.26. The van der Waals surface area contributed by atoms with E-state index in [0.717, 1.165) is 22.3 Å². The second-order valence-corrected chi connectivity index (χ2v) is 11.6. The SMILES string of the molecule is CCOc1cc(C2c3c(-c4cc(Cl)c(C)cc4O)n[nH]c3C(=O)N2CCc2ccc(OC)c(OC)c2)ccc1OCc1ccccc1. The van der Waals surface area contributed by atoms with E-state index in [9.17, 15) is 9.90 Å². The van der Waals surface area contributed by atoms with Gasteiger partial charge >= 0.3 is 0 Å². The molecule has 1 unspecified atom stereocenters. The number of hydrogen-bond acceptors (Lipinski definition) is 7. The second kappa shape index (κ2) is 13.7. The minimum absolute atomic E-state index is 0.0239. The van der Waals surface area contributed by atoms with Gasteiger partial charge in [-0.15, -0.1) is 0 Å². The van der Waals surface area contributed by atoms with Gasteiger partial charge in [0, 0.05) is 22.7 Å². The Morgan fingerprint density at radius 2 is 1.66 bits per heavy atom. The minimum Gasteiger partial charge on any atom is -0.507 e. The van der Waals surface area contributed by atoms with Crippen LogP contribution in [0.15, 0.2) is 78.9 Å². The van der Waals surface area contributed by atoms with Crippen LogP contribution in [-0.2, 0) is 13.0 Å². The first kappa shape index (κ1) is 31.8. The largest absolute Gasteiger partial charge is 0.507 e. The van der Waals surface area contributed by atoms with Crippen molar-refractivity contribution in [1.82, 2.24) is 15.1 Å². The number of fused-ring (bicyclic) bond motifs is 1. The third kappa shape index (κ3) is 6.31. The number of phenolic OH excluding ortho intramolecular Hbond substituents is 1. The maximum atomic E-state index is 14.1. The molecule has 1 atom stereocenters. The third-order valence-electron chi connectivity index (χ3n) is 8.31. The lowest BCUT2D eigenvalue weighted by molar-refractivity contribution is 0.0745. The molecule has 1 amide bonds. The summed E-state index contributed by atoms with van der Waals surface area (Å²) in [6.45, 7) is 4.93. The summed E-state index contributed by atoms with van der Waals surface area (Å²) in [6, 6.07) is 24.1.